The van der Waals surface area contributed by atoms with Crippen LogP contribution in [0.15, 0.2) is 11.6 Å². The lowest BCUT2D eigenvalue weighted by Crippen LogP contribution is -2.22. The van der Waals surface area contributed by atoms with Crippen LogP contribution in [0.5, 0.6) is 0 Å². The van der Waals surface area contributed by atoms with Crippen molar-refractivity contribution < 1.29 is 9.47 Å². The number of hydrogen-bond donors (Lipinski definition) is 0. The summed E-state index contributed by atoms with van der Waals surface area (Å²) in [5.41, 5.74) is 1.69. The molecule has 4 atom stereocenters. The van der Waals surface area contributed by atoms with E-state index < -0.39 is 0 Å². The fraction of sp³-hybridized carbons (Fsp3) is 0.857. The third kappa shape index (κ3) is 2.49. The number of rotatable bonds is 5. The molecular weight excluding hydrogens is 200 g/mol. The van der Waals surface area contributed by atoms with Crippen LogP contribution in [0.1, 0.15) is 40.0 Å². The molecule has 0 aromatic heterocycles. The summed E-state index contributed by atoms with van der Waals surface area (Å²) in [4.78, 5) is 0. The molecule has 0 aromatic carbocycles. The molecule has 2 fully saturated rings. The van der Waals surface area contributed by atoms with Gasteiger partial charge in [0.05, 0.1) is 6.61 Å². The molecule has 2 rings (SSSR count). The summed E-state index contributed by atoms with van der Waals surface area (Å²) in [5.74, 6) is 2.52. The summed E-state index contributed by atoms with van der Waals surface area (Å²) in [5, 5.41) is 0. The third-order valence-electron chi connectivity index (χ3n) is 4.18. The zero-order chi connectivity index (χ0) is 11.5. The summed E-state index contributed by atoms with van der Waals surface area (Å²) >= 11 is 0. The van der Waals surface area contributed by atoms with Gasteiger partial charge in [-0.05, 0) is 57.8 Å². The first kappa shape index (κ1) is 12.1. The van der Waals surface area contributed by atoms with Gasteiger partial charge in [0.1, 0.15) is 0 Å². The Balaban J connectivity index is 1.74. The Kier molecular flexibility index (Phi) is 4.04. The van der Waals surface area contributed by atoms with Crippen molar-refractivity contribution in [1.29, 1.82) is 0 Å². The smallest absolute Gasteiger partial charge is 0.154 e. The molecule has 2 aliphatic rings. The summed E-state index contributed by atoms with van der Waals surface area (Å²) in [6, 6.07) is 0. The molecule has 2 heteroatoms. The normalized spacial score (nSPS) is 37.2. The van der Waals surface area contributed by atoms with E-state index in [1.54, 1.807) is 5.57 Å². The lowest BCUT2D eigenvalue weighted by atomic mass is 9.86. The summed E-state index contributed by atoms with van der Waals surface area (Å²) in [6.45, 7) is 7.81. The van der Waals surface area contributed by atoms with E-state index in [0.717, 1.165) is 31.0 Å². The molecule has 4 unspecified atom stereocenters. The predicted octanol–water partition coefficient (Wildman–Crippen LogP) is 3.38. The summed E-state index contributed by atoms with van der Waals surface area (Å²) in [6.07, 6.45) is 6.34. The van der Waals surface area contributed by atoms with Gasteiger partial charge in [-0.15, -0.1) is 0 Å². The molecule has 2 nitrogen and oxygen atoms in total. The van der Waals surface area contributed by atoms with Gasteiger partial charge >= 0.3 is 0 Å². The van der Waals surface area contributed by atoms with E-state index in [1.165, 1.54) is 19.3 Å². The first-order valence-electron chi connectivity index (χ1n) is 6.62. The van der Waals surface area contributed by atoms with Gasteiger partial charge in [-0.3, -0.25) is 0 Å². The molecule has 0 aromatic rings. The average Bonchev–Trinajstić information content (AvgIpc) is 2.85. The van der Waals surface area contributed by atoms with Crippen LogP contribution < -0.4 is 0 Å². The van der Waals surface area contributed by atoms with Gasteiger partial charge in [0.2, 0.25) is 0 Å². The minimum absolute atomic E-state index is 0.0367. The van der Waals surface area contributed by atoms with Gasteiger partial charge in [0.25, 0.3) is 0 Å². The second-order valence-corrected chi connectivity index (χ2v) is 5.11. The minimum atomic E-state index is -0.0367. The Morgan fingerprint density at radius 1 is 1.38 bits per heavy atom. The molecule has 2 aliphatic carbocycles. The van der Waals surface area contributed by atoms with E-state index in [4.69, 9.17) is 9.47 Å². The molecule has 2 bridgehead atoms. The van der Waals surface area contributed by atoms with Crippen LogP contribution in [0.4, 0.5) is 0 Å². The lowest BCUT2D eigenvalue weighted by Gasteiger charge is -2.24. The third-order valence-corrected chi connectivity index (χ3v) is 4.18. The summed E-state index contributed by atoms with van der Waals surface area (Å²) < 4.78 is 11.1. The fourth-order valence-electron chi connectivity index (χ4n) is 3.33. The molecule has 92 valence electrons. The highest BCUT2D eigenvalue weighted by Crippen LogP contribution is 2.51. The zero-order valence-corrected chi connectivity index (χ0v) is 10.7. The quantitative estimate of drug-likeness (QED) is 0.526. The maximum atomic E-state index is 5.75. The van der Waals surface area contributed by atoms with Crippen molar-refractivity contribution in [1.82, 2.24) is 0 Å². The maximum absolute atomic E-state index is 5.75. The highest BCUT2D eigenvalue weighted by Gasteiger charge is 2.42. The Labute approximate surface area is 99.0 Å². The molecule has 0 amide bonds. The van der Waals surface area contributed by atoms with Crippen molar-refractivity contribution in [2.45, 2.75) is 46.3 Å². The second-order valence-electron chi connectivity index (χ2n) is 5.11. The van der Waals surface area contributed by atoms with Crippen LogP contribution in [0.2, 0.25) is 0 Å². The van der Waals surface area contributed by atoms with Crippen LogP contribution in [-0.4, -0.2) is 19.5 Å². The van der Waals surface area contributed by atoms with Crippen LogP contribution in [0.25, 0.3) is 0 Å². The van der Waals surface area contributed by atoms with Crippen molar-refractivity contribution >= 4 is 0 Å². The molecule has 0 saturated heterocycles. The molecule has 2 saturated carbocycles. The lowest BCUT2D eigenvalue weighted by molar-refractivity contribution is -0.137. The minimum Gasteiger partial charge on any atom is -0.353 e. The first-order chi connectivity index (χ1) is 7.74. The van der Waals surface area contributed by atoms with E-state index in [1.807, 2.05) is 13.8 Å². The van der Waals surface area contributed by atoms with Crippen molar-refractivity contribution in [3.63, 3.8) is 0 Å². The number of hydrogen-bond acceptors (Lipinski definition) is 2. The van der Waals surface area contributed by atoms with Gasteiger partial charge in [0.15, 0.2) is 6.29 Å². The Morgan fingerprint density at radius 3 is 2.75 bits per heavy atom. The Hall–Kier alpha value is -0.340. The largest absolute Gasteiger partial charge is 0.353 e. The molecule has 0 spiro atoms. The highest BCUT2D eigenvalue weighted by molar-refractivity contribution is 5.17. The van der Waals surface area contributed by atoms with Gasteiger partial charge < -0.3 is 9.47 Å². The molecule has 0 heterocycles. The molecule has 0 N–H and O–H groups in total. The number of allylic oxidation sites excluding steroid dienone is 2. The van der Waals surface area contributed by atoms with Crippen molar-refractivity contribution in [3.8, 4) is 0 Å². The van der Waals surface area contributed by atoms with Crippen LogP contribution in [0, 0.1) is 17.8 Å². The van der Waals surface area contributed by atoms with E-state index in [2.05, 4.69) is 13.0 Å². The number of fused-ring (bicyclic) bond motifs is 2. The predicted molar refractivity (Wildman–Crippen MR) is 65.1 cm³/mol. The standard InChI is InChI=1S/C14H24O2/c1-4-11-6-13-7-12(11)8-14(13)9-16-10(3)15-5-2/h4,10,12-14H,5-9H2,1-3H3/b11-4+. The molecule has 16 heavy (non-hydrogen) atoms. The van der Waals surface area contributed by atoms with E-state index in [-0.39, 0.29) is 6.29 Å². The van der Waals surface area contributed by atoms with Crippen molar-refractivity contribution in [2.75, 3.05) is 13.2 Å². The van der Waals surface area contributed by atoms with Crippen LogP contribution in [-0.2, 0) is 9.47 Å². The average molecular weight is 224 g/mol. The Morgan fingerprint density at radius 2 is 2.19 bits per heavy atom. The van der Waals surface area contributed by atoms with E-state index in [9.17, 15) is 0 Å². The van der Waals surface area contributed by atoms with Gasteiger partial charge in [-0.2, -0.15) is 0 Å². The number of ether oxygens (including phenoxy) is 2. The van der Waals surface area contributed by atoms with Gasteiger partial charge in [0, 0.05) is 6.61 Å². The van der Waals surface area contributed by atoms with Gasteiger partial charge in [-0.1, -0.05) is 11.6 Å². The van der Waals surface area contributed by atoms with Crippen molar-refractivity contribution in [2.24, 2.45) is 17.8 Å². The molecular formula is C14H24O2. The fourth-order valence-corrected chi connectivity index (χ4v) is 3.33. The molecule has 0 aliphatic heterocycles. The Bertz CT molecular complexity index is 259. The topological polar surface area (TPSA) is 18.5 Å². The zero-order valence-electron chi connectivity index (χ0n) is 10.7. The second kappa shape index (κ2) is 5.33. The van der Waals surface area contributed by atoms with Crippen LogP contribution in [0.3, 0.4) is 0 Å². The van der Waals surface area contributed by atoms with Gasteiger partial charge in [-0.25, -0.2) is 0 Å². The highest BCUT2D eigenvalue weighted by atomic mass is 16.7. The first-order valence-corrected chi connectivity index (χ1v) is 6.62. The SMILES string of the molecule is C/C=C1\CC2CC1CC2COC(C)OCC. The monoisotopic (exact) mass is 224 g/mol. The summed E-state index contributed by atoms with van der Waals surface area (Å²) in [7, 11) is 0. The molecule has 0 radical (unpaired) electrons. The van der Waals surface area contributed by atoms with E-state index >= 15 is 0 Å². The van der Waals surface area contributed by atoms with Crippen molar-refractivity contribution in [3.05, 3.63) is 11.6 Å². The van der Waals surface area contributed by atoms with Crippen LogP contribution >= 0.6 is 0 Å². The van der Waals surface area contributed by atoms with E-state index in [0.29, 0.717) is 0 Å². The maximum Gasteiger partial charge on any atom is 0.154 e.